The van der Waals surface area contributed by atoms with Crippen LogP contribution in [0, 0.1) is 17.3 Å². The number of nitrogens with one attached hydrogen (secondary N) is 1. The van der Waals surface area contributed by atoms with E-state index >= 15 is 0 Å². The number of aromatic amines is 1. The third-order valence-electron chi connectivity index (χ3n) is 7.58. The summed E-state index contributed by atoms with van der Waals surface area (Å²) in [4.78, 5) is 29.0. The predicted molar refractivity (Wildman–Crippen MR) is 116 cm³/mol. The van der Waals surface area contributed by atoms with Crippen molar-refractivity contribution in [2.24, 2.45) is 23.0 Å². The van der Waals surface area contributed by atoms with Gasteiger partial charge in [0.15, 0.2) is 5.43 Å². The fourth-order valence-corrected chi connectivity index (χ4v) is 6.04. The monoisotopic (exact) mass is 431 g/mol. The molecular formula is C24H31F2N3O2. The molecule has 3 fully saturated rings. The zero-order chi connectivity index (χ0) is 22.1. The molecule has 0 aromatic carbocycles. The van der Waals surface area contributed by atoms with Gasteiger partial charge in [-0.2, -0.15) is 0 Å². The second-order valence-electron chi connectivity index (χ2n) is 9.73. The normalized spacial score (nSPS) is 23.0. The van der Waals surface area contributed by atoms with Crippen LogP contribution in [0.15, 0.2) is 29.3 Å². The largest absolute Gasteiger partial charge is 0.364 e. The highest BCUT2D eigenvalue weighted by atomic mass is 19.3. The number of hydrogen-bond donors (Lipinski definition) is 2. The Labute approximate surface area is 180 Å². The van der Waals surface area contributed by atoms with Crippen LogP contribution in [-0.2, 0) is 0 Å². The topological polar surface area (TPSA) is 88.8 Å². The minimum atomic E-state index is -2.32. The molecule has 3 aliphatic carbocycles. The molecule has 0 aliphatic heterocycles. The van der Waals surface area contributed by atoms with Crippen molar-refractivity contribution in [1.29, 1.82) is 0 Å². The van der Waals surface area contributed by atoms with Crippen LogP contribution >= 0.6 is 0 Å². The fourth-order valence-electron chi connectivity index (χ4n) is 6.04. The maximum absolute atomic E-state index is 13.0. The molecule has 0 atom stereocenters. The van der Waals surface area contributed by atoms with Crippen LogP contribution in [0.4, 0.5) is 8.78 Å². The number of fused-ring (bicyclic) bond motifs is 1. The molecule has 5 rings (SSSR count). The van der Waals surface area contributed by atoms with Crippen molar-refractivity contribution < 1.29 is 13.6 Å². The van der Waals surface area contributed by atoms with E-state index in [0.29, 0.717) is 5.52 Å². The summed E-state index contributed by atoms with van der Waals surface area (Å²) in [5.74, 6) is -1.22. The molecule has 1 amide bonds. The molecule has 0 unspecified atom stereocenters. The lowest BCUT2D eigenvalue weighted by Gasteiger charge is -2.52. The Bertz CT molecular complexity index is 974. The Morgan fingerprint density at radius 2 is 1.68 bits per heavy atom. The highest BCUT2D eigenvalue weighted by Gasteiger charge is 2.56. The number of aromatic nitrogens is 2. The van der Waals surface area contributed by atoms with Crippen LogP contribution in [0.2, 0.25) is 0 Å². The molecule has 7 heteroatoms. The lowest BCUT2D eigenvalue weighted by Crippen LogP contribution is -2.48. The van der Waals surface area contributed by atoms with E-state index in [9.17, 15) is 18.4 Å². The lowest BCUT2D eigenvalue weighted by atomic mass is 9.55. The highest BCUT2D eigenvalue weighted by Crippen LogP contribution is 2.60. The van der Waals surface area contributed by atoms with Crippen molar-refractivity contribution in [2.75, 3.05) is 0 Å². The first kappa shape index (κ1) is 21.9. The summed E-state index contributed by atoms with van der Waals surface area (Å²) in [7, 11) is 0. The minimum absolute atomic E-state index is 0.00403. The zero-order valence-corrected chi connectivity index (χ0v) is 17.8. The number of primary amides is 1. The van der Waals surface area contributed by atoms with Crippen molar-refractivity contribution in [3.63, 3.8) is 0 Å². The molecule has 0 saturated heterocycles. The third kappa shape index (κ3) is 4.80. The molecule has 3 saturated carbocycles. The first-order valence-electron chi connectivity index (χ1n) is 11.4. The molecule has 168 valence electrons. The third-order valence-corrected chi connectivity index (χ3v) is 7.58. The van der Waals surface area contributed by atoms with E-state index in [0.717, 1.165) is 24.7 Å². The molecule has 0 radical (unpaired) electrons. The number of alkyl halides is 2. The number of hydrogen-bond acceptors (Lipinski definition) is 3. The number of pyridine rings is 2. The zero-order valence-electron chi connectivity index (χ0n) is 17.8. The van der Waals surface area contributed by atoms with Gasteiger partial charge in [0.2, 0.25) is 5.92 Å². The van der Waals surface area contributed by atoms with Gasteiger partial charge in [0.05, 0.1) is 10.9 Å². The second kappa shape index (κ2) is 8.67. The lowest BCUT2D eigenvalue weighted by molar-refractivity contribution is -0.177. The Morgan fingerprint density at radius 3 is 2.29 bits per heavy atom. The van der Waals surface area contributed by atoms with Gasteiger partial charge in [-0.05, 0) is 49.0 Å². The summed E-state index contributed by atoms with van der Waals surface area (Å²) in [6, 6.07) is 2.94. The quantitative estimate of drug-likeness (QED) is 0.685. The van der Waals surface area contributed by atoms with Gasteiger partial charge in [-0.1, -0.05) is 32.1 Å². The van der Waals surface area contributed by atoms with Crippen LogP contribution in [-0.4, -0.2) is 21.8 Å². The molecule has 31 heavy (non-hydrogen) atoms. The fraction of sp³-hybridized carbons (Fsp3) is 0.625. The number of carbonyl (C=O) groups excluding carboxylic acids is 1. The smallest absolute Gasteiger partial charge is 0.268 e. The standard InChI is InChI=1S/C15H24F2.C9H7N3O2/c16-15(17)10-14(11-15)8-6-13(7-9-14)12-4-2-1-3-5-12;10-9(14)8-7-5(1-3-12-8)11-4-2-6(7)13/h12-13H,1-11H2;1-4H,(H2,10,14)(H,11,13). The maximum atomic E-state index is 13.0. The molecule has 5 nitrogen and oxygen atoms in total. The minimum Gasteiger partial charge on any atom is -0.364 e. The van der Waals surface area contributed by atoms with E-state index in [2.05, 4.69) is 9.97 Å². The van der Waals surface area contributed by atoms with Gasteiger partial charge in [-0.3, -0.25) is 14.6 Å². The van der Waals surface area contributed by atoms with Crippen LogP contribution in [0.5, 0.6) is 0 Å². The number of carbonyl (C=O) groups is 1. The average Bonchev–Trinajstić information content (AvgIpc) is 2.74. The first-order valence-corrected chi connectivity index (χ1v) is 11.4. The molecule has 2 heterocycles. The summed E-state index contributed by atoms with van der Waals surface area (Å²) in [6.07, 6.45) is 15.0. The van der Waals surface area contributed by atoms with E-state index in [-0.39, 0.29) is 34.8 Å². The van der Waals surface area contributed by atoms with Gasteiger partial charge in [0.25, 0.3) is 5.91 Å². The molecule has 0 bridgehead atoms. The first-order chi connectivity index (χ1) is 14.8. The van der Waals surface area contributed by atoms with Gasteiger partial charge < -0.3 is 10.7 Å². The number of nitrogens with two attached hydrogens (primary N) is 1. The maximum Gasteiger partial charge on any atom is 0.268 e. The Morgan fingerprint density at radius 1 is 1.03 bits per heavy atom. The van der Waals surface area contributed by atoms with Gasteiger partial charge in [0.1, 0.15) is 5.69 Å². The predicted octanol–water partition coefficient (Wildman–Crippen LogP) is 5.19. The van der Waals surface area contributed by atoms with Crippen LogP contribution in [0.3, 0.4) is 0 Å². The molecule has 3 N–H and O–H groups in total. The molecule has 2 aromatic rings. The highest BCUT2D eigenvalue weighted by molar-refractivity contribution is 6.03. The van der Waals surface area contributed by atoms with Gasteiger partial charge in [-0.15, -0.1) is 0 Å². The average molecular weight is 432 g/mol. The summed E-state index contributed by atoms with van der Waals surface area (Å²) in [6.45, 7) is 0. The van der Waals surface area contributed by atoms with Crippen LogP contribution < -0.4 is 11.2 Å². The van der Waals surface area contributed by atoms with Gasteiger partial charge >= 0.3 is 0 Å². The molecule has 3 aliphatic rings. The molecular weight excluding hydrogens is 400 g/mol. The van der Waals surface area contributed by atoms with Crippen molar-refractivity contribution in [1.82, 2.24) is 9.97 Å². The van der Waals surface area contributed by atoms with Crippen molar-refractivity contribution >= 4 is 16.8 Å². The van der Waals surface area contributed by atoms with Crippen LogP contribution in [0.1, 0.15) is 81.1 Å². The SMILES string of the molecule is FC1(F)CC2(CCC(C3CCCCC3)CC2)C1.NC(=O)c1nccc2[nH]ccc(=O)c12. The van der Waals surface area contributed by atoms with E-state index in [1.54, 1.807) is 6.07 Å². The van der Waals surface area contributed by atoms with Gasteiger partial charge in [-0.25, -0.2) is 8.78 Å². The van der Waals surface area contributed by atoms with Crippen molar-refractivity contribution in [3.8, 4) is 0 Å². The van der Waals surface area contributed by atoms with Crippen molar-refractivity contribution in [3.05, 3.63) is 40.4 Å². The summed E-state index contributed by atoms with van der Waals surface area (Å²) < 4.78 is 26.0. The van der Waals surface area contributed by atoms with E-state index in [1.807, 2.05) is 0 Å². The molecule has 1 spiro atoms. The van der Waals surface area contributed by atoms with E-state index in [4.69, 9.17) is 5.73 Å². The van der Waals surface area contributed by atoms with E-state index < -0.39 is 11.8 Å². The number of amides is 1. The summed E-state index contributed by atoms with van der Waals surface area (Å²) in [5, 5.41) is 0.238. The molecule has 2 aromatic heterocycles. The Kier molecular flexibility index (Phi) is 6.13. The Hall–Kier alpha value is -2.31. The summed E-state index contributed by atoms with van der Waals surface area (Å²) >= 11 is 0. The summed E-state index contributed by atoms with van der Waals surface area (Å²) in [5.41, 5.74) is 5.46. The number of nitrogens with zero attached hydrogens (tertiary/aromatic N) is 1. The van der Waals surface area contributed by atoms with Crippen molar-refractivity contribution in [2.45, 2.75) is 76.6 Å². The van der Waals surface area contributed by atoms with E-state index in [1.165, 1.54) is 63.4 Å². The number of rotatable bonds is 2. The Balaban J connectivity index is 0.000000152. The number of halogens is 2. The van der Waals surface area contributed by atoms with Crippen LogP contribution in [0.25, 0.3) is 10.9 Å². The van der Waals surface area contributed by atoms with Gasteiger partial charge in [0, 0.05) is 31.3 Å². The number of H-pyrrole nitrogens is 1. The second-order valence-corrected chi connectivity index (χ2v) is 9.73.